The van der Waals surface area contributed by atoms with Crippen molar-refractivity contribution in [3.05, 3.63) is 58.1 Å². The Morgan fingerprint density at radius 2 is 2.00 bits per heavy atom. The van der Waals surface area contributed by atoms with Crippen LogP contribution in [0.5, 0.6) is 11.5 Å². The number of carbonyl (C=O) groups is 2. The van der Waals surface area contributed by atoms with Crippen LogP contribution in [0.25, 0.3) is 6.08 Å². The minimum atomic E-state index is -0.519. The summed E-state index contributed by atoms with van der Waals surface area (Å²) in [5, 5.41) is 11.0. The number of ether oxygens (including phenoxy) is 1. The molecule has 25 heavy (non-hydrogen) atoms. The Labute approximate surface area is 149 Å². The van der Waals surface area contributed by atoms with E-state index in [0.29, 0.717) is 11.3 Å². The number of rotatable bonds is 3. The summed E-state index contributed by atoms with van der Waals surface area (Å²) in [7, 11) is 1.38. The van der Waals surface area contributed by atoms with E-state index in [1.54, 1.807) is 18.2 Å². The zero-order valence-electron chi connectivity index (χ0n) is 13.5. The van der Waals surface area contributed by atoms with Gasteiger partial charge in [0.15, 0.2) is 11.5 Å². The van der Waals surface area contributed by atoms with Crippen LogP contribution in [0.1, 0.15) is 11.1 Å². The van der Waals surface area contributed by atoms with Gasteiger partial charge in [0.1, 0.15) is 5.57 Å². The molecule has 0 radical (unpaired) electrons. The van der Waals surface area contributed by atoms with E-state index in [4.69, 9.17) is 16.3 Å². The number of amides is 2. The molecule has 2 N–H and O–H groups in total. The predicted molar refractivity (Wildman–Crippen MR) is 94.5 cm³/mol. The molecule has 2 amide bonds. The van der Waals surface area contributed by atoms with Crippen LogP contribution in [-0.2, 0) is 9.59 Å². The number of nitrogens with zero attached hydrogens (tertiary/aromatic N) is 1. The number of aryl methyl sites for hydroxylation is 1. The lowest BCUT2D eigenvalue weighted by molar-refractivity contribution is -0.117. The molecule has 3 rings (SSSR count). The summed E-state index contributed by atoms with van der Waals surface area (Å²) in [4.78, 5) is 24.8. The van der Waals surface area contributed by atoms with Crippen molar-refractivity contribution in [2.75, 3.05) is 12.1 Å². The van der Waals surface area contributed by atoms with Crippen molar-refractivity contribution in [2.45, 2.75) is 6.92 Å². The number of methoxy groups -OCH3 is 1. The molecular formula is C18H15ClN2O4. The molecule has 2 aromatic carbocycles. The highest BCUT2D eigenvalue weighted by molar-refractivity contribution is 6.33. The van der Waals surface area contributed by atoms with Gasteiger partial charge in [-0.2, -0.15) is 0 Å². The number of nitrogens with one attached hydrogen (secondary N) is 1. The lowest BCUT2D eigenvalue weighted by Gasteiger charge is -2.14. The molecule has 1 aliphatic rings. The molecule has 0 aromatic heterocycles. The minimum absolute atomic E-state index is 0.0367. The first kappa shape index (κ1) is 16.9. The SMILES string of the molecule is COc1cc(/C=C2\C(=O)NN(c3cccc(C)c3)C2=O)cc(Cl)c1O. The maximum Gasteiger partial charge on any atom is 0.282 e. The van der Waals surface area contributed by atoms with E-state index in [1.807, 2.05) is 13.0 Å². The first-order chi connectivity index (χ1) is 11.9. The Balaban J connectivity index is 1.98. The number of phenols is 1. The maximum atomic E-state index is 12.6. The fourth-order valence-electron chi connectivity index (χ4n) is 2.51. The Morgan fingerprint density at radius 3 is 2.68 bits per heavy atom. The van der Waals surface area contributed by atoms with Crippen molar-refractivity contribution in [3.8, 4) is 11.5 Å². The van der Waals surface area contributed by atoms with E-state index in [-0.39, 0.29) is 22.1 Å². The average Bonchev–Trinajstić information content (AvgIpc) is 2.86. The largest absolute Gasteiger partial charge is 0.503 e. The summed E-state index contributed by atoms with van der Waals surface area (Å²) >= 11 is 5.94. The molecule has 1 aliphatic heterocycles. The monoisotopic (exact) mass is 358 g/mol. The first-order valence-corrected chi connectivity index (χ1v) is 7.79. The lowest BCUT2D eigenvalue weighted by atomic mass is 10.1. The maximum absolute atomic E-state index is 12.6. The van der Waals surface area contributed by atoms with Crippen LogP contribution in [0.2, 0.25) is 5.02 Å². The lowest BCUT2D eigenvalue weighted by Crippen LogP contribution is -2.35. The van der Waals surface area contributed by atoms with Gasteiger partial charge in [0.05, 0.1) is 17.8 Å². The highest BCUT2D eigenvalue weighted by atomic mass is 35.5. The molecule has 128 valence electrons. The third kappa shape index (κ3) is 3.16. The molecule has 7 heteroatoms. The minimum Gasteiger partial charge on any atom is -0.503 e. The van der Waals surface area contributed by atoms with Gasteiger partial charge in [-0.3, -0.25) is 15.0 Å². The zero-order valence-corrected chi connectivity index (χ0v) is 14.3. The van der Waals surface area contributed by atoms with Gasteiger partial charge in [0.2, 0.25) is 0 Å². The van der Waals surface area contributed by atoms with Crippen molar-refractivity contribution in [3.63, 3.8) is 0 Å². The van der Waals surface area contributed by atoms with Gasteiger partial charge < -0.3 is 9.84 Å². The van der Waals surface area contributed by atoms with Crippen LogP contribution in [0.4, 0.5) is 5.69 Å². The summed E-state index contributed by atoms with van der Waals surface area (Å²) in [6, 6.07) is 10.2. The van der Waals surface area contributed by atoms with E-state index in [9.17, 15) is 14.7 Å². The van der Waals surface area contributed by atoms with Gasteiger partial charge in [0.25, 0.3) is 11.8 Å². The average molecular weight is 359 g/mol. The zero-order chi connectivity index (χ0) is 18.1. The third-order valence-electron chi connectivity index (χ3n) is 3.73. The van der Waals surface area contributed by atoms with Crippen molar-refractivity contribution in [1.29, 1.82) is 0 Å². The topological polar surface area (TPSA) is 78.9 Å². The molecule has 6 nitrogen and oxygen atoms in total. The van der Waals surface area contributed by atoms with Crippen molar-refractivity contribution < 1.29 is 19.4 Å². The fraction of sp³-hybridized carbons (Fsp3) is 0.111. The van der Waals surface area contributed by atoms with E-state index >= 15 is 0 Å². The fourth-order valence-corrected chi connectivity index (χ4v) is 2.72. The van der Waals surface area contributed by atoms with Gasteiger partial charge in [-0.1, -0.05) is 23.7 Å². The number of phenolic OH excluding ortho intramolecular Hbond substituents is 1. The van der Waals surface area contributed by atoms with E-state index < -0.39 is 11.8 Å². The van der Waals surface area contributed by atoms with Crippen LogP contribution in [0.3, 0.4) is 0 Å². The van der Waals surface area contributed by atoms with Crippen LogP contribution in [0, 0.1) is 6.92 Å². The Kier molecular flexibility index (Phi) is 4.37. The highest BCUT2D eigenvalue weighted by Gasteiger charge is 2.34. The Bertz CT molecular complexity index is 908. The molecule has 0 atom stereocenters. The number of halogens is 1. The molecule has 0 saturated carbocycles. The number of anilines is 1. The third-order valence-corrected chi connectivity index (χ3v) is 4.02. The van der Waals surface area contributed by atoms with Crippen LogP contribution >= 0.6 is 11.6 Å². The molecule has 1 heterocycles. The summed E-state index contributed by atoms with van der Waals surface area (Å²) in [5.74, 6) is -1.04. The van der Waals surface area contributed by atoms with E-state index in [1.165, 1.54) is 30.3 Å². The quantitative estimate of drug-likeness (QED) is 0.653. The highest BCUT2D eigenvalue weighted by Crippen LogP contribution is 2.35. The molecule has 0 bridgehead atoms. The van der Waals surface area contributed by atoms with E-state index in [0.717, 1.165) is 5.56 Å². The van der Waals surface area contributed by atoms with Crippen molar-refractivity contribution in [2.24, 2.45) is 0 Å². The molecular weight excluding hydrogens is 344 g/mol. The van der Waals surface area contributed by atoms with Gasteiger partial charge in [-0.25, -0.2) is 5.01 Å². The van der Waals surface area contributed by atoms with Gasteiger partial charge in [0, 0.05) is 0 Å². The number of benzene rings is 2. The van der Waals surface area contributed by atoms with E-state index in [2.05, 4.69) is 5.43 Å². The van der Waals surface area contributed by atoms with Gasteiger partial charge in [-0.05, 0) is 48.4 Å². The molecule has 0 spiro atoms. The second-order valence-electron chi connectivity index (χ2n) is 5.53. The van der Waals surface area contributed by atoms with Crippen LogP contribution < -0.4 is 15.2 Å². The molecule has 0 unspecified atom stereocenters. The normalized spacial score (nSPS) is 15.6. The first-order valence-electron chi connectivity index (χ1n) is 7.41. The summed E-state index contributed by atoms with van der Waals surface area (Å²) in [6.45, 7) is 1.90. The molecule has 1 fully saturated rings. The second kappa shape index (κ2) is 6.49. The number of hydrogen-bond donors (Lipinski definition) is 2. The van der Waals surface area contributed by atoms with Crippen LogP contribution in [0.15, 0.2) is 42.0 Å². The van der Waals surface area contributed by atoms with Crippen molar-refractivity contribution >= 4 is 35.2 Å². The Morgan fingerprint density at radius 1 is 1.24 bits per heavy atom. The summed E-state index contributed by atoms with van der Waals surface area (Å²) in [5.41, 5.74) is 4.50. The van der Waals surface area contributed by atoms with Gasteiger partial charge >= 0.3 is 0 Å². The number of aromatic hydroxyl groups is 1. The molecule has 2 aromatic rings. The van der Waals surface area contributed by atoms with Gasteiger partial charge in [-0.15, -0.1) is 0 Å². The number of hydrogen-bond acceptors (Lipinski definition) is 4. The summed E-state index contributed by atoms with van der Waals surface area (Å²) in [6.07, 6.45) is 1.40. The van der Waals surface area contributed by atoms with Crippen LogP contribution in [-0.4, -0.2) is 24.0 Å². The second-order valence-corrected chi connectivity index (χ2v) is 5.94. The number of carbonyl (C=O) groups excluding carboxylic acids is 2. The predicted octanol–water partition coefficient (Wildman–Crippen LogP) is 2.82. The number of hydrazine groups is 1. The molecule has 0 aliphatic carbocycles. The Hall–Kier alpha value is -2.99. The molecule has 1 saturated heterocycles. The summed E-state index contributed by atoms with van der Waals surface area (Å²) < 4.78 is 5.03. The smallest absolute Gasteiger partial charge is 0.282 e. The van der Waals surface area contributed by atoms with Crippen molar-refractivity contribution in [1.82, 2.24) is 5.43 Å². The standard InChI is InChI=1S/C18H15ClN2O4/c1-10-4-3-5-12(6-10)21-18(24)13(17(23)20-21)7-11-8-14(19)16(22)15(9-11)25-2/h3-9,22H,1-2H3,(H,20,23)/b13-7+.